The number of halogens is 1. The first-order valence-electron chi connectivity index (χ1n) is 7.08. The minimum Gasteiger partial charge on any atom is -0.396 e. The minimum absolute atomic E-state index is 0.0289. The second-order valence-corrected chi connectivity index (χ2v) is 5.29. The molecule has 0 radical (unpaired) electrons. The van der Waals surface area contributed by atoms with Gasteiger partial charge in [-0.3, -0.25) is 0 Å². The van der Waals surface area contributed by atoms with E-state index in [1.54, 1.807) is 12.1 Å². The number of aliphatic hydroxyl groups is 1. The molecule has 2 unspecified atom stereocenters. The Morgan fingerprint density at radius 3 is 2.90 bits per heavy atom. The van der Waals surface area contributed by atoms with Gasteiger partial charge in [0.1, 0.15) is 5.82 Å². The highest BCUT2D eigenvalue weighted by atomic mass is 19.1. The molecule has 4 nitrogen and oxygen atoms in total. The van der Waals surface area contributed by atoms with E-state index in [4.69, 9.17) is 0 Å². The predicted octanol–water partition coefficient (Wildman–Crippen LogP) is 2.18. The van der Waals surface area contributed by atoms with Crippen molar-refractivity contribution in [2.24, 2.45) is 5.92 Å². The third-order valence-corrected chi connectivity index (χ3v) is 3.80. The van der Waals surface area contributed by atoms with E-state index in [2.05, 4.69) is 10.6 Å². The van der Waals surface area contributed by atoms with E-state index in [9.17, 15) is 14.3 Å². The van der Waals surface area contributed by atoms with Crippen molar-refractivity contribution in [1.82, 2.24) is 10.6 Å². The molecule has 1 saturated carbocycles. The second kappa shape index (κ2) is 7.24. The van der Waals surface area contributed by atoms with E-state index in [1.807, 2.05) is 0 Å². The largest absolute Gasteiger partial charge is 0.396 e. The van der Waals surface area contributed by atoms with Crippen LogP contribution in [0, 0.1) is 11.7 Å². The molecule has 0 aromatic heterocycles. The fourth-order valence-electron chi connectivity index (χ4n) is 2.66. The fourth-order valence-corrected chi connectivity index (χ4v) is 2.66. The van der Waals surface area contributed by atoms with Crippen molar-refractivity contribution in [2.75, 3.05) is 6.61 Å². The van der Waals surface area contributed by atoms with E-state index in [0.717, 1.165) is 31.2 Å². The first-order chi connectivity index (χ1) is 9.69. The Bertz CT molecular complexity index is 453. The molecule has 0 bridgehead atoms. The van der Waals surface area contributed by atoms with Crippen molar-refractivity contribution in [3.8, 4) is 0 Å². The number of nitrogens with one attached hydrogen (secondary N) is 2. The summed E-state index contributed by atoms with van der Waals surface area (Å²) in [6.45, 7) is 0.398. The van der Waals surface area contributed by atoms with Gasteiger partial charge in [-0.2, -0.15) is 0 Å². The number of rotatable bonds is 4. The number of hydrogen-bond donors (Lipinski definition) is 3. The zero-order valence-corrected chi connectivity index (χ0v) is 11.4. The van der Waals surface area contributed by atoms with Crippen LogP contribution in [0.4, 0.5) is 9.18 Å². The summed E-state index contributed by atoms with van der Waals surface area (Å²) in [6.07, 6.45) is 4.03. The van der Waals surface area contributed by atoms with E-state index < -0.39 is 0 Å². The van der Waals surface area contributed by atoms with Crippen molar-refractivity contribution in [2.45, 2.75) is 38.3 Å². The van der Waals surface area contributed by atoms with Crippen molar-refractivity contribution < 1.29 is 14.3 Å². The maximum Gasteiger partial charge on any atom is 0.315 e. The van der Waals surface area contributed by atoms with Crippen LogP contribution in [0.5, 0.6) is 0 Å². The first-order valence-corrected chi connectivity index (χ1v) is 7.08. The third kappa shape index (κ3) is 4.20. The van der Waals surface area contributed by atoms with Gasteiger partial charge in [-0.15, -0.1) is 0 Å². The van der Waals surface area contributed by atoms with E-state index in [-0.39, 0.29) is 30.4 Å². The van der Waals surface area contributed by atoms with Crippen LogP contribution in [0.15, 0.2) is 24.3 Å². The van der Waals surface area contributed by atoms with Crippen LogP contribution in [0.1, 0.15) is 31.2 Å². The average molecular weight is 280 g/mol. The van der Waals surface area contributed by atoms with Crippen LogP contribution in [-0.4, -0.2) is 23.8 Å². The van der Waals surface area contributed by atoms with Crippen LogP contribution in [0.25, 0.3) is 0 Å². The molecule has 2 amide bonds. The van der Waals surface area contributed by atoms with Crippen molar-refractivity contribution in [1.29, 1.82) is 0 Å². The van der Waals surface area contributed by atoms with Gasteiger partial charge in [0.05, 0.1) is 0 Å². The Labute approximate surface area is 118 Å². The Morgan fingerprint density at radius 1 is 1.35 bits per heavy atom. The van der Waals surface area contributed by atoms with Gasteiger partial charge in [0.25, 0.3) is 0 Å². The third-order valence-electron chi connectivity index (χ3n) is 3.80. The molecule has 3 N–H and O–H groups in total. The molecule has 5 heteroatoms. The van der Waals surface area contributed by atoms with Gasteiger partial charge in [0.2, 0.25) is 0 Å². The van der Waals surface area contributed by atoms with Crippen molar-refractivity contribution in [3.05, 3.63) is 35.6 Å². The maximum atomic E-state index is 13.0. The molecule has 20 heavy (non-hydrogen) atoms. The molecule has 0 spiro atoms. The summed E-state index contributed by atoms with van der Waals surface area (Å²) in [5, 5.41) is 14.9. The van der Waals surface area contributed by atoms with Gasteiger partial charge in [0.15, 0.2) is 0 Å². The van der Waals surface area contributed by atoms with Crippen LogP contribution >= 0.6 is 0 Å². The Morgan fingerprint density at radius 2 is 2.15 bits per heavy atom. The number of amides is 2. The molecule has 110 valence electrons. The highest BCUT2D eigenvalue weighted by Crippen LogP contribution is 2.23. The maximum absolute atomic E-state index is 13.0. The highest BCUT2D eigenvalue weighted by molar-refractivity contribution is 5.74. The summed E-state index contributed by atoms with van der Waals surface area (Å²) in [6, 6.07) is 5.92. The van der Waals surface area contributed by atoms with Gasteiger partial charge in [0, 0.05) is 25.1 Å². The lowest BCUT2D eigenvalue weighted by molar-refractivity contribution is 0.153. The van der Waals surface area contributed by atoms with Gasteiger partial charge in [-0.05, 0) is 30.5 Å². The summed E-state index contributed by atoms with van der Waals surface area (Å²) >= 11 is 0. The number of urea groups is 1. The Balaban J connectivity index is 1.80. The SMILES string of the molecule is O=C(NCc1cccc(F)c1)NC1CCCCC1CO. The van der Waals surface area contributed by atoms with Crippen molar-refractivity contribution in [3.63, 3.8) is 0 Å². The van der Waals surface area contributed by atoms with Crippen LogP contribution in [0.2, 0.25) is 0 Å². The molecule has 0 saturated heterocycles. The highest BCUT2D eigenvalue weighted by Gasteiger charge is 2.25. The van der Waals surface area contributed by atoms with Crippen molar-refractivity contribution >= 4 is 6.03 Å². The van der Waals surface area contributed by atoms with Gasteiger partial charge in [-0.25, -0.2) is 9.18 Å². The lowest BCUT2D eigenvalue weighted by Gasteiger charge is -2.30. The van der Waals surface area contributed by atoms with Gasteiger partial charge in [-0.1, -0.05) is 25.0 Å². The normalized spacial score (nSPS) is 22.3. The van der Waals surface area contributed by atoms with Crippen LogP contribution < -0.4 is 10.6 Å². The lowest BCUT2D eigenvalue weighted by Crippen LogP contribution is -2.47. The standard InChI is InChI=1S/C15H21FN2O2/c16-13-6-3-4-11(8-13)9-17-15(20)18-14-7-2-1-5-12(14)10-19/h3-4,6,8,12,14,19H,1-2,5,7,9-10H2,(H2,17,18,20). The molecule has 1 aromatic carbocycles. The van der Waals surface area contributed by atoms with Crippen LogP contribution in [-0.2, 0) is 6.54 Å². The minimum atomic E-state index is -0.308. The molecule has 2 atom stereocenters. The monoisotopic (exact) mass is 280 g/mol. The molecular weight excluding hydrogens is 259 g/mol. The number of carbonyl (C=O) groups excluding carboxylic acids is 1. The van der Waals surface area contributed by atoms with Gasteiger partial charge < -0.3 is 15.7 Å². The quantitative estimate of drug-likeness (QED) is 0.791. The zero-order valence-electron chi connectivity index (χ0n) is 11.4. The summed E-state index contributed by atoms with van der Waals surface area (Å²) in [5.74, 6) is -0.166. The number of carbonyl (C=O) groups is 1. The Hall–Kier alpha value is -1.62. The van der Waals surface area contributed by atoms with E-state index in [0.29, 0.717) is 6.54 Å². The second-order valence-electron chi connectivity index (χ2n) is 5.29. The summed E-state index contributed by atoms with van der Waals surface area (Å²) in [5.41, 5.74) is 0.725. The fraction of sp³-hybridized carbons (Fsp3) is 0.533. The average Bonchev–Trinajstić information content (AvgIpc) is 2.46. The van der Waals surface area contributed by atoms with Gasteiger partial charge >= 0.3 is 6.03 Å². The molecule has 1 fully saturated rings. The summed E-state index contributed by atoms with van der Waals surface area (Å²) in [7, 11) is 0. The number of benzene rings is 1. The predicted molar refractivity (Wildman–Crippen MR) is 74.6 cm³/mol. The number of aliphatic hydroxyl groups excluding tert-OH is 1. The summed E-state index contributed by atoms with van der Waals surface area (Å²) < 4.78 is 13.0. The smallest absolute Gasteiger partial charge is 0.315 e. The molecule has 1 aromatic rings. The number of hydrogen-bond acceptors (Lipinski definition) is 2. The zero-order chi connectivity index (χ0) is 14.4. The topological polar surface area (TPSA) is 61.4 Å². The van der Waals surface area contributed by atoms with Crippen LogP contribution in [0.3, 0.4) is 0 Å². The molecule has 1 aliphatic carbocycles. The lowest BCUT2D eigenvalue weighted by atomic mass is 9.85. The summed E-state index contributed by atoms with van der Waals surface area (Å²) in [4.78, 5) is 11.8. The van der Waals surface area contributed by atoms with E-state index in [1.165, 1.54) is 12.1 Å². The first kappa shape index (κ1) is 14.8. The molecular formula is C15H21FN2O2. The molecule has 2 rings (SSSR count). The molecule has 0 aliphatic heterocycles. The Kier molecular flexibility index (Phi) is 5.35. The molecule has 1 aliphatic rings. The molecule has 0 heterocycles. The van der Waals surface area contributed by atoms with E-state index >= 15 is 0 Å².